The largest absolute Gasteiger partial charge is 0.373 e. The van der Waals surface area contributed by atoms with Crippen molar-refractivity contribution in [3.63, 3.8) is 0 Å². The lowest BCUT2D eigenvalue weighted by Crippen LogP contribution is -2.47. The van der Waals surface area contributed by atoms with Crippen molar-refractivity contribution >= 4 is 41.5 Å². The summed E-state index contributed by atoms with van der Waals surface area (Å²) in [4.78, 5) is 4.56. The van der Waals surface area contributed by atoms with Gasteiger partial charge in [-0.05, 0) is 43.9 Å². The molecule has 2 aliphatic heterocycles. The number of nitrogens with one attached hydrogen (secondary N) is 2. The fourth-order valence-electron chi connectivity index (χ4n) is 3.09. The van der Waals surface area contributed by atoms with Gasteiger partial charge < -0.3 is 15.4 Å². The highest BCUT2D eigenvalue weighted by atomic mass is 127. The van der Waals surface area contributed by atoms with Crippen LogP contribution in [0.1, 0.15) is 31.7 Å². The molecule has 1 aromatic carbocycles. The summed E-state index contributed by atoms with van der Waals surface area (Å²) in [6.07, 6.45) is 4.03. The van der Waals surface area contributed by atoms with Crippen molar-refractivity contribution in [1.29, 1.82) is 0 Å². The zero-order valence-electron chi connectivity index (χ0n) is 13.0. The standard InChI is InChI=1S/C16H21ClFN3O.HI/c1-2-19-16(21-14-8-11-4-6-15(14)22-11)20-9-10-3-5-13(18)12(17)7-10;/h3,5,7,11,14-15H,2,4,6,8-9H2,1H3,(H2,19,20,21);1H. The zero-order valence-corrected chi connectivity index (χ0v) is 16.1. The second-order valence-corrected chi connectivity index (χ2v) is 6.21. The molecule has 4 nitrogen and oxygen atoms in total. The van der Waals surface area contributed by atoms with Gasteiger partial charge in [-0.2, -0.15) is 0 Å². The number of halogens is 3. The number of rotatable bonds is 4. The van der Waals surface area contributed by atoms with Crippen LogP contribution in [0.25, 0.3) is 0 Å². The van der Waals surface area contributed by atoms with E-state index < -0.39 is 5.82 Å². The number of benzene rings is 1. The second-order valence-electron chi connectivity index (χ2n) is 5.80. The van der Waals surface area contributed by atoms with Crippen LogP contribution in [0.5, 0.6) is 0 Å². The highest BCUT2D eigenvalue weighted by molar-refractivity contribution is 14.0. The molecule has 2 heterocycles. The van der Waals surface area contributed by atoms with Crippen molar-refractivity contribution in [2.45, 2.75) is 51.0 Å². The molecular weight excluding hydrogens is 432 g/mol. The van der Waals surface area contributed by atoms with Gasteiger partial charge in [-0.3, -0.25) is 0 Å². The quantitative estimate of drug-likeness (QED) is 0.417. The second kappa shape index (κ2) is 8.48. The fraction of sp³-hybridized carbons (Fsp3) is 0.562. The van der Waals surface area contributed by atoms with Crippen LogP contribution in [0.3, 0.4) is 0 Å². The summed E-state index contributed by atoms with van der Waals surface area (Å²) in [7, 11) is 0. The van der Waals surface area contributed by atoms with Crippen molar-refractivity contribution in [1.82, 2.24) is 10.6 Å². The number of guanidine groups is 1. The first-order chi connectivity index (χ1) is 10.7. The van der Waals surface area contributed by atoms with Gasteiger partial charge in [0.2, 0.25) is 0 Å². The summed E-state index contributed by atoms with van der Waals surface area (Å²) in [6.45, 7) is 3.28. The Hall–Kier alpha value is -0.600. The summed E-state index contributed by atoms with van der Waals surface area (Å²) < 4.78 is 19.0. The lowest BCUT2D eigenvalue weighted by Gasteiger charge is -2.22. The van der Waals surface area contributed by atoms with Gasteiger partial charge in [-0.15, -0.1) is 24.0 Å². The lowest BCUT2D eigenvalue weighted by molar-refractivity contribution is 0.0992. The summed E-state index contributed by atoms with van der Waals surface area (Å²) in [6, 6.07) is 5.02. The third-order valence-electron chi connectivity index (χ3n) is 4.18. The number of hydrogen-bond donors (Lipinski definition) is 2. The van der Waals surface area contributed by atoms with Crippen LogP contribution in [0, 0.1) is 5.82 Å². The van der Waals surface area contributed by atoms with Gasteiger partial charge in [0.25, 0.3) is 0 Å². The Bertz CT molecular complexity index is 572. The van der Waals surface area contributed by atoms with E-state index in [0.29, 0.717) is 24.8 Å². The van der Waals surface area contributed by atoms with E-state index in [9.17, 15) is 4.39 Å². The Labute approximate surface area is 158 Å². The smallest absolute Gasteiger partial charge is 0.191 e. The summed E-state index contributed by atoms with van der Waals surface area (Å²) in [5, 5.41) is 6.82. The molecule has 0 aliphatic carbocycles. The minimum atomic E-state index is -0.404. The minimum Gasteiger partial charge on any atom is -0.373 e. The average molecular weight is 454 g/mol. The van der Waals surface area contributed by atoms with Crippen LogP contribution < -0.4 is 10.6 Å². The van der Waals surface area contributed by atoms with Crippen LogP contribution >= 0.6 is 35.6 Å². The maximum Gasteiger partial charge on any atom is 0.191 e. The topological polar surface area (TPSA) is 45.7 Å². The van der Waals surface area contributed by atoms with Crippen LogP contribution in [-0.4, -0.2) is 30.8 Å². The highest BCUT2D eigenvalue weighted by Crippen LogP contribution is 2.34. The Morgan fingerprint density at radius 3 is 2.87 bits per heavy atom. The van der Waals surface area contributed by atoms with Gasteiger partial charge in [0, 0.05) is 6.54 Å². The van der Waals surface area contributed by atoms with E-state index in [4.69, 9.17) is 16.3 Å². The zero-order chi connectivity index (χ0) is 15.5. The van der Waals surface area contributed by atoms with Gasteiger partial charge in [0.15, 0.2) is 5.96 Å². The van der Waals surface area contributed by atoms with E-state index in [2.05, 4.69) is 15.6 Å². The molecule has 0 spiro atoms. The van der Waals surface area contributed by atoms with E-state index >= 15 is 0 Å². The third-order valence-corrected chi connectivity index (χ3v) is 4.47. The Balaban J connectivity index is 0.00000192. The maximum absolute atomic E-state index is 13.2. The molecule has 7 heteroatoms. The molecule has 2 N–H and O–H groups in total. The van der Waals surface area contributed by atoms with Crippen LogP contribution in [0.15, 0.2) is 23.2 Å². The third kappa shape index (κ3) is 4.70. The molecule has 0 radical (unpaired) electrons. The van der Waals surface area contributed by atoms with Crippen LogP contribution in [0.4, 0.5) is 4.39 Å². The maximum atomic E-state index is 13.2. The van der Waals surface area contributed by atoms with E-state index in [-0.39, 0.29) is 29.0 Å². The predicted octanol–water partition coefficient (Wildman–Crippen LogP) is 3.47. The van der Waals surface area contributed by atoms with Crippen LogP contribution in [0.2, 0.25) is 5.02 Å². The van der Waals surface area contributed by atoms with Crippen molar-refractivity contribution in [2.24, 2.45) is 4.99 Å². The molecule has 0 aromatic heterocycles. The normalized spacial score (nSPS) is 26.0. The van der Waals surface area contributed by atoms with E-state index in [1.54, 1.807) is 12.1 Å². The van der Waals surface area contributed by atoms with Gasteiger partial charge >= 0.3 is 0 Å². The van der Waals surface area contributed by atoms with Gasteiger partial charge in [-0.1, -0.05) is 17.7 Å². The van der Waals surface area contributed by atoms with Crippen LogP contribution in [-0.2, 0) is 11.3 Å². The Kier molecular flexibility index (Phi) is 6.91. The first-order valence-corrected chi connectivity index (χ1v) is 8.17. The summed E-state index contributed by atoms with van der Waals surface area (Å²) in [5.74, 6) is 0.364. The number of aliphatic imine (C=N–C) groups is 1. The number of fused-ring (bicyclic) bond motifs is 2. The van der Waals surface area contributed by atoms with Crippen molar-refractivity contribution in [3.05, 3.63) is 34.6 Å². The number of nitrogens with zero attached hydrogens (tertiary/aromatic N) is 1. The fourth-order valence-corrected chi connectivity index (χ4v) is 3.30. The number of hydrogen-bond acceptors (Lipinski definition) is 2. The van der Waals surface area contributed by atoms with Crippen molar-refractivity contribution in [2.75, 3.05) is 6.54 Å². The molecule has 1 aromatic rings. The highest BCUT2D eigenvalue weighted by Gasteiger charge is 2.41. The van der Waals surface area contributed by atoms with E-state index in [1.807, 2.05) is 6.92 Å². The molecule has 0 amide bonds. The molecule has 3 rings (SSSR count). The first kappa shape index (κ1) is 18.7. The van der Waals surface area contributed by atoms with Gasteiger partial charge in [0.1, 0.15) is 5.82 Å². The SMILES string of the molecule is CCNC(=NCc1ccc(F)c(Cl)c1)NC1CC2CCC1O2.I. The Morgan fingerprint density at radius 2 is 2.26 bits per heavy atom. The van der Waals surface area contributed by atoms with Crippen molar-refractivity contribution < 1.29 is 9.13 Å². The Morgan fingerprint density at radius 1 is 1.43 bits per heavy atom. The molecule has 2 aliphatic rings. The summed E-state index contributed by atoms with van der Waals surface area (Å²) in [5.41, 5.74) is 0.882. The van der Waals surface area contributed by atoms with Gasteiger partial charge in [0.05, 0.1) is 29.8 Å². The predicted molar refractivity (Wildman–Crippen MR) is 101 cm³/mol. The van der Waals surface area contributed by atoms with E-state index in [1.165, 1.54) is 12.5 Å². The first-order valence-electron chi connectivity index (χ1n) is 7.80. The van der Waals surface area contributed by atoms with Gasteiger partial charge in [-0.25, -0.2) is 9.38 Å². The molecule has 2 fully saturated rings. The lowest BCUT2D eigenvalue weighted by atomic mass is 9.96. The molecule has 2 saturated heterocycles. The summed E-state index contributed by atoms with van der Waals surface area (Å²) >= 11 is 5.80. The van der Waals surface area contributed by atoms with E-state index in [0.717, 1.165) is 30.9 Å². The molecule has 0 saturated carbocycles. The number of ether oxygens (including phenoxy) is 1. The minimum absolute atomic E-state index is 0. The average Bonchev–Trinajstić information content (AvgIpc) is 3.11. The monoisotopic (exact) mass is 453 g/mol. The molecule has 23 heavy (non-hydrogen) atoms. The molecule has 3 atom stereocenters. The molecule has 3 unspecified atom stereocenters. The molecule has 128 valence electrons. The molecular formula is C16H22ClFIN3O. The van der Waals surface area contributed by atoms with Crippen molar-refractivity contribution in [3.8, 4) is 0 Å². The molecule has 2 bridgehead atoms.